The Morgan fingerprint density at radius 1 is 1.29 bits per heavy atom. The van der Waals surface area contributed by atoms with E-state index in [1.807, 2.05) is 6.07 Å². The molecule has 0 aliphatic carbocycles. The summed E-state index contributed by atoms with van der Waals surface area (Å²) in [6.07, 6.45) is 1.36. The Balaban J connectivity index is 0.00000529. The first kappa shape index (κ1) is 23.6. The summed E-state index contributed by atoms with van der Waals surface area (Å²) >= 11 is 3.23. The molecule has 0 radical (unpaired) electrons. The Labute approximate surface area is 169 Å². The van der Waals surface area contributed by atoms with Gasteiger partial charge >= 0.3 is 0 Å². The van der Waals surface area contributed by atoms with E-state index < -0.39 is 9.84 Å². The summed E-state index contributed by atoms with van der Waals surface area (Å²) in [6.45, 7) is 2.57. The second-order valence-electron chi connectivity index (χ2n) is 5.00. The smallest absolute Gasteiger partial charge is 0.191 e. The maximum Gasteiger partial charge on any atom is 0.191 e. The van der Waals surface area contributed by atoms with E-state index in [-0.39, 0.29) is 41.3 Å². The zero-order valence-corrected chi connectivity index (χ0v) is 18.5. The maximum absolute atomic E-state index is 13.7. The van der Waals surface area contributed by atoms with Gasteiger partial charge in [0.15, 0.2) is 15.8 Å². The van der Waals surface area contributed by atoms with Gasteiger partial charge in [-0.3, -0.25) is 4.99 Å². The van der Waals surface area contributed by atoms with Crippen LogP contribution in [0.15, 0.2) is 27.7 Å². The lowest BCUT2D eigenvalue weighted by molar-refractivity contribution is 0.595. The number of aryl methyl sites for hydroxylation is 1. The highest BCUT2D eigenvalue weighted by atomic mass is 127. The van der Waals surface area contributed by atoms with E-state index in [2.05, 4.69) is 31.6 Å². The van der Waals surface area contributed by atoms with E-state index in [4.69, 9.17) is 0 Å². The molecule has 5 nitrogen and oxygen atoms in total. The highest BCUT2D eigenvalue weighted by Crippen LogP contribution is 2.16. The summed E-state index contributed by atoms with van der Waals surface area (Å²) in [6, 6.07) is 5.04. The van der Waals surface area contributed by atoms with Gasteiger partial charge in [0.2, 0.25) is 0 Å². The summed E-state index contributed by atoms with van der Waals surface area (Å²) in [4.78, 5) is 4.03. The molecule has 0 amide bonds. The SMILES string of the molecule is CCS(=O)(=O)CCNC(=NC)NCCCc1ccc(Br)cc1F.I. The van der Waals surface area contributed by atoms with Crippen LogP contribution < -0.4 is 10.6 Å². The van der Waals surface area contributed by atoms with Crippen molar-refractivity contribution in [2.75, 3.05) is 31.6 Å². The minimum Gasteiger partial charge on any atom is -0.356 e. The van der Waals surface area contributed by atoms with Crippen LogP contribution in [-0.4, -0.2) is 46.0 Å². The van der Waals surface area contributed by atoms with E-state index in [9.17, 15) is 12.8 Å². The topological polar surface area (TPSA) is 70.6 Å². The fourth-order valence-corrected chi connectivity index (χ4v) is 2.93. The maximum atomic E-state index is 13.7. The first-order valence-corrected chi connectivity index (χ1v) is 10.1. The van der Waals surface area contributed by atoms with Crippen molar-refractivity contribution in [2.45, 2.75) is 19.8 Å². The largest absolute Gasteiger partial charge is 0.356 e. The van der Waals surface area contributed by atoms with Gasteiger partial charge < -0.3 is 10.6 Å². The number of guanidine groups is 1. The molecule has 0 aliphatic rings. The second kappa shape index (κ2) is 12.0. The molecule has 2 N–H and O–H groups in total. The van der Waals surface area contributed by atoms with E-state index in [0.717, 1.165) is 10.9 Å². The Bertz CT molecular complexity index is 642. The highest BCUT2D eigenvalue weighted by Gasteiger charge is 2.07. The predicted octanol–water partition coefficient (Wildman–Crippen LogP) is 2.74. The summed E-state index contributed by atoms with van der Waals surface area (Å²) in [5.41, 5.74) is 0.673. The quantitative estimate of drug-likeness (QED) is 0.232. The molecule has 0 saturated heterocycles. The van der Waals surface area contributed by atoms with Gasteiger partial charge in [-0.25, -0.2) is 12.8 Å². The van der Waals surface area contributed by atoms with Crippen molar-refractivity contribution >= 4 is 55.7 Å². The van der Waals surface area contributed by atoms with Crippen LogP contribution in [0.2, 0.25) is 0 Å². The monoisotopic (exact) mass is 535 g/mol. The third-order valence-electron chi connectivity index (χ3n) is 3.30. The van der Waals surface area contributed by atoms with Crippen LogP contribution in [0.5, 0.6) is 0 Å². The number of rotatable bonds is 8. The minimum atomic E-state index is -2.98. The van der Waals surface area contributed by atoms with Gasteiger partial charge in [-0.2, -0.15) is 0 Å². The molecule has 0 bridgehead atoms. The molecule has 0 saturated carbocycles. The first-order valence-electron chi connectivity index (χ1n) is 7.47. The molecule has 1 aromatic carbocycles. The molecule has 24 heavy (non-hydrogen) atoms. The molecular formula is C15H24BrFIN3O2S. The molecule has 9 heteroatoms. The molecule has 1 aromatic rings. The molecule has 1 rings (SSSR count). The van der Waals surface area contributed by atoms with Crippen molar-refractivity contribution in [2.24, 2.45) is 4.99 Å². The molecule has 0 unspecified atom stereocenters. The van der Waals surface area contributed by atoms with Gasteiger partial charge in [0.05, 0.1) is 5.75 Å². The molecular weight excluding hydrogens is 512 g/mol. The molecule has 0 atom stereocenters. The van der Waals surface area contributed by atoms with Crippen molar-refractivity contribution in [1.29, 1.82) is 0 Å². The molecule has 0 spiro atoms. The lowest BCUT2D eigenvalue weighted by atomic mass is 10.1. The third kappa shape index (κ3) is 9.16. The standard InChI is InChI=1S/C15H23BrFN3O2S.HI/c1-3-23(21,22)10-9-20-15(18-2)19-8-4-5-12-6-7-13(16)11-14(12)17;/h6-7,11H,3-5,8-10H2,1-2H3,(H2,18,19,20);1H. The Morgan fingerprint density at radius 2 is 1.96 bits per heavy atom. The van der Waals surface area contributed by atoms with Crippen LogP contribution in [0.4, 0.5) is 4.39 Å². The average Bonchev–Trinajstić information content (AvgIpc) is 2.51. The van der Waals surface area contributed by atoms with Crippen molar-refractivity contribution < 1.29 is 12.8 Å². The number of nitrogens with one attached hydrogen (secondary N) is 2. The second-order valence-corrected chi connectivity index (χ2v) is 8.39. The lowest BCUT2D eigenvalue weighted by Gasteiger charge is -2.12. The van der Waals surface area contributed by atoms with Gasteiger partial charge in [0.25, 0.3) is 0 Å². The van der Waals surface area contributed by atoms with E-state index in [1.54, 1.807) is 20.0 Å². The van der Waals surface area contributed by atoms with Crippen molar-refractivity contribution in [3.63, 3.8) is 0 Å². The summed E-state index contributed by atoms with van der Waals surface area (Å²) < 4.78 is 37.2. The first-order chi connectivity index (χ1) is 10.9. The number of hydrogen-bond donors (Lipinski definition) is 2. The van der Waals surface area contributed by atoms with Crippen molar-refractivity contribution in [3.05, 3.63) is 34.1 Å². The van der Waals surface area contributed by atoms with Crippen LogP contribution in [0, 0.1) is 5.82 Å². The van der Waals surface area contributed by atoms with Gasteiger partial charge in [0.1, 0.15) is 5.82 Å². The number of aliphatic imine (C=N–C) groups is 1. The predicted molar refractivity (Wildman–Crippen MR) is 112 cm³/mol. The molecule has 0 fully saturated rings. The van der Waals surface area contributed by atoms with Crippen LogP contribution >= 0.6 is 39.9 Å². The fraction of sp³-hybridized carbons (Fsp3) is 0.533. The Hall–Kier alpha value is -0.420. The van der Waals surface area contributed by atoms with Crippen molar-refractivity contribution in [3.8, 4) is 0 Å². The molecule has 0 heterocycles. The molecule has 0 aliphatic heterocycles. The Kier molecular flexibility index (Phi) is 11.8. The van der Waals surface area contributed by atoms with E-state index in [1.165, 1.54) is 6.07 Å². The normalized spacial score (nSPS) is 11.8. The molecule has 138 valence electrons. The number of halogens is 3. The Morgan fingerprint density at radius 3 is 2.54 bits per heavy atom. The van der Waals surface area contributed by atoms with Crippen LogP contribution in [0.25, 0.3) is 0 Å². The van der Waals surface area contributed by atoms with Gasteiger partial charge in [-0.15, -0.1) is 24.0 Å². The van der Waals surface area contributed by atoms with Crippen molar-refractivity contribution in [1.82, 2.24) is 10.6 Å². The fourth-order valence-electron chi connectivity index (χ4n) is 1.90. The van der Waals surface area contributed by atoms with Gasteiger partial charge in [0, 0.05) is 30.4 Å². The summed E-state index contributed by atoms with van der Waals surface area (Å²) in [5.74, 6) is 0.549. The van der Waals surface area contributed by atoms with Crippen LogP contribution in [0.1, 0.15) is 18.9 Å². The zero-order valence-electron chi connectivity index (χ0n) is 13.8. The summed E-state index contributed by atoms with van der Waals surface area (Å²) in [5, 5.41) is 6.04. The summed E-state index contributed by atoms with van der Waals surface area (Å²) in [7, 11) is -1.36. The average molecular weight is 536 g/mol. The third-order valence-corrected chi connectivity index (χ3v) is 5.50. The lowest BCUT2D eigenvalue weighted by Crippen LogP contribution is -2.40. The highest BCUT2D eigenvalue weighted by molar-refractivity contribution is 14.0. The van der Waals surface area contributed by atoms with Crippen LogP contribution in [-0.2, 0) is 16.3 Å². The number of sulfone groups is 1. The number of benzene rings is 1. The minimum absolute atomic E-state index is 0. The van der Waals surface area contributed by atoms with Crippen LogP contribution in [0.3, 0.4) is 0 Å². The van der Waals surface area contributed by atoms with E-state index in [0.29, 0.717) is 31.0 Å². The van der Waals surface area contributed by atoms with E-state index >= 15 is 0 Å². The zero-order chi connectivity index (χ0) is 17.3. The number of nitrogens with zero attached hydrogens (tertiary/aromatic N) is 1. The van der Waals surface area contributed by atoms with Gasteiger partial charge in [-0.05, 0) is 30.5 Å². The van der Waals surface area contributed by atoms with Gasteiger partial charge in [-0.1, -0.05) is 28.9 Å². The molecule has 0 aromatic heterocycles. The number of hydrogen-bond acceptors (Lipinski definition) is 3.